The average Bonchev–Trinajstić information content (AvgIpc) is 3.27. The minimum Gasteiger partial charge on any atom is -0.370 e. The molecular weight excluding hydrogens is 482 g/mol. The zero-order chi connectivity index (χ0) is 26.1. The summed E-state index contributed by atoms with van der Waals surface area (Å²) in [4.78, 5) is 13.3. The maximum atomic E-state index is 13.6. The van der Waals surface area contributed by atoms with Gasteiger partial charge in [0.05, 0.1) is 28.0 Å². The largest absolute Gasteiger partial charge is 0.418 e. The van der Waals surface area contributed by atoms with Crippen LogP contribution in [0.1, 0.15) is 37.8 Å². The lowest BCUT2D eigenvalue weighted by Crippen LogP contribution is -2.25. The monoisotopic (exact) mass is 506 g/mol. The molecule has 4 aromatic rings. The van der Waals surface area contributed by atoms with E-state index in [2.05, 4.69) is 15.0 Å². The van der Waals surface area contributed by atoms with Crippen LogP contribution in [0.15, 0.2) is 54.7 Å². The van der Waals surface area contributed by atoms with E-state index in [4.69, 9.17) is 0 Å². The molecule has 36 heavy (non-hydrogen) atoms. The van der Waals surface area contributed by atoms with Gasteiger partial charge >= 0.3 is 12.4 Å². The first-order valence-corrected chi connectivity index (χ1v) is 11.5. The molecule has 2 heterocycles. The van der Waals surface area contributed by atoms with Crippen LogP contribution in [0, 0.1) is 0 Å². The van der Waals surface area contributed by atoms with Crippen LogP contribution in [-0.2, 0) is 12.4 Å². The van der Waals surface area contributed by atoms with E-state index in [1.54, 1.807) is 12.1 Å². The first-order valence-electron chi connectivity index (χ1n) is 11.5. The van der Waals surface area contributed by atoms with Crippen molar-refractivity contribution in [3.05, 3.63) is 65.9 Å². The van der Waals surface area contributed by atoms with Gasteiger partial charge in [-0.1, -0.05) is 38.1 Å². The van der Waals surface area contributed by atoms with Crippen molar-refractivity contribution in [1.82, 2.24) is 15.0 Å². The normalized spacial score (nSPS) is 12.3. The fourth-order valence-electron chi connectivity index (χ4n) is 4.18. The lowest BCUT2D eigenvalue weighted by Gasteiger charge is -2.25. The second kappa shape index (κ2) is 9.83. The number of nitrogens with zero attached hydrogens (tertiary/aromatic N) is 3. The molecule has 0 aliphatic carbocycles. The molecule has 4 nitrogen and oxygen atoms in total. The highest BCUT2D eigenvalue weighted by Gasteiger charge is 2.34. The maximum absolute atomic E-state index is 13.6. The summed E-state index contributed by atoms with van der Waals surface area (Å²) in [6, 6.07) is 10.5. The summed E-state index contributed by atoms with van der Waals surface area (Å²) in [6.07, 6.45) is -6.29. The zero-order valence-corrected chi connectivity index (χ0v) is 19.6. The Morgan fingerprint density at radius 3 is 2.06 bits per heavy atom. The third-order valence-electron chi connectivity index (χ3n) is 5.77. The third-order valence-corrected chi connectivity index (χ3v) is 5.77. The third kappa shape index (κ3) is 5.17. The minimum atomic E-state index is -4.56. The molecule has 190 valence electrons. The van der Waals surface area contributed by atoms with E-state index in [0.717, 1.165) is 31.0 Å². The van der Waals surface area contributed by atoms with Crippen LogP contribution in [0.4, 0.5) is 32.0 Å². The van der Waals surface area contributed by atoms with E-state index in [-0.39, 0.29) is 16.8 Å². The van der Waals surface area contributed by atoms with Crippen LogP contribution in [0.5, 0.6) is 0 Å². The molecule has 0 saturated carbocycles. The van der Waals surface area contributed by atoms with Crippen molar-refractivity contribution in [2.45, 2.75) is 39.0 Å². The number of rotatable bonds is 7. The van der Waals surface area contributed by atoms with E-state index >= 15 is 0 Å². The van der Waals surface area contributed by atoms with Gasteiger partial charge < -0.3 is 9.88 Å². The van der Waals surface area contributed by atoms with Crippen LogP contribution >= 0.6 is 0 Å². The van der Waals surface area contributed by atoms with Gasteiger partial charge in [0.2, 0.25) is 0 Å². The summed E-state index contributed by atoms with van der Waals surface area (Å²) >= 11 is 0. The number of nitrogens with one attached hydrogen (secondary N) is 1. The molecule has 0 fully saturated rings. The maximum Gasteiger partial charge on any atom is 0.418 e. The number of H-pyrrole nitrogens is 1. The molecule has 0 radical (unpaired) electrons. The van der Waals surface area contributed by atoms with Crippen molar-refractivity contribution in [2.24, 2.45) is 0 Å². The Kier molecular flexibility index (Phi) is 6.97. The molecule has 0 amide bonds. The van der Waals surface area contributed by atoms with Crippen molar-refractivity contribution < 1.29 is 26.3 Å². The summed E-state index contributed by atoms with van der Waals surface area (Å²) < 4.78 is 81.1. The molecular formula is C26H24F6N4. The number of fused-ring (bicyclic) bond motifs is 1. The molecule has 0 spiro atoms. The second-order valence-electron chi connectivity index (χ2n) is 8.44. The summed E-state index contributed by atoms with van der Waals surface area (Å²) in [5, 5.41) is 0. The quantitative estimate of drug-likeness (QED) is 0.259. The number of imidazole rings is 1. The molecule has 10 heteroatoms. The summed E-state index contributed by atoms with van der Waals surface area (Å²) in [6.45, 7) is 5.06. The average molecular weight is 506 g/mol. The number of aromatic amines is 1. The highest BCUT2D eigenvalue weighted by Crippen LogP contribution is 2.38. The number of pyridine rings is 1. The van der Waals surface area contributed by atoms with Gasteiger partial charge in [-0.3, -0.25) is 4.98 Å². The van der Waals surface area contributed by atoms with E-state index in [0.29, 0.717) is 35.7 Å². The van der Waals surface area contributed by atoms with Gasteiger partial charge in [-0.25, -0.2) is 4.98 Å². The van der Waals surface area contributed by atoms with Gasteiger partial charge in [-0.2, -0.15) is 26.3 Å². The van der Waals surface area contributed by atoms with Gasteiger partial charge in [-0.05, 0) is 37.1 Å². The molecule has 0 aliphatic rings. The van der Waals surface area contributed by atoms with Gasteiger partial charge in [0.1, 0.15) is 11.3 Å². The van der Waals surface area contributed by atoms with Crippen LogP contribution in [-0.4, -0.2) is 28.0 Å². The van der Waals surface area contributed by atoms with Crippen molar-refractivity contribution in [3.8, 4) is 22.6 Å². The smallest absolute Gasteiger partial charge is 0.370 e. The lowest BCUT2D eigenvalue weighted by molar-refractivity contribution is -0.138. The Labute approximate surface area is 204 Å². The standard InChI is InChI=1S/C26H24F6N4/c1-3-12-36(13-4-2)21-15-18(25(27,28)29)14-20-23(21)35-24(34-20)17-9-7-16(8-10-17)22-19(26(30,31)32)6-5-11-33-22/h5-11,14-15H,3-4,12-13H2,1-2H3,(H,34,35). The van der Waals surface area contributed by atoms with Crippen LogP contribution in [0.25, 0.3) is 33.7 Å². The van der Waals surface area contributed by atoms with Gasteiger partial charge in [0.25, 0.3) is 0 Å². The van der Waals surface area contributed by atoms with E-state index < -0.39 is 23.5 Å². The van der Waals surface area contributed by atoms with E-state index in [1.165, 1.54) is 24.4 Å². The Morgan fingerprint density at radius 1 is 0.833 bits per heavy atom. The fourth-order valence-corrected chi connectivity index (χ4v) is 4.18. The molecule has 0 unspecified atom stereocenters. The predicted molar refractivity (Wildman–Crippen MR) is 128 cm³/mol. The summed E-state index contributed by atoms with van der Waals surface area (Å²) in [5.74, 6) is 0.321. The number of aromatic nitrogens is 3. The molecule has 4 rings (SSSR count). The summed E-state index contributed by atoms with van der Waals surface area (Å²) in [5.41, 5.74) is 0.00366. The number of hydrogen-bond donors (Lipinski definition) is 1. The van der Waals surface area contributed by atoms with Gasteiger partial charge in [0.15, 0.2) is 0 Å². The molecule has 1 N–H and O–H groups in total. The van der Waals surface area contributed by atoms with Crippen LogP contribution < -0.4 is 4.90 Å². The topological polar surface area (TPSA) is 44.8 Å². The first-order chi connectivity index (χ1) is 17.0. The highest BCUT2D eigenvalue weighted by atomic mass is 19.4. The lowest BCUT2D eigenvalue weighted by atomic mass is 10.0. The number of benzene rings is 2. The van der Waals surface area contributed by atoms with Crippen molar-refractivity contribution in [3.63, 3.8) is 0 Å². The minimum absolute atomic E-state index is 0.201. The molecule has 0 saturated heterocycles. The SMILES string of the molecule is CCCN(CCC)c1cc(C(F)(F)F)cc2[nH]c(-c3ccc(-c4ncccc4C(F)(F)F)cc3)nc12. The first kappa shape index (κ1) is 25.5. The van der Waals surface area contributed by atoms with Crippen LogP contribution in [0.3, 0.4) is 0 Å². The van der Waals surface area contributed by atoms with E-state index in [9.17, 15) is 26.3 Å². The molecule has 2 aromatic carbocycles. The van der Waals surface area contributed by atoms with Gasteiger partial charge in [-0.15, -0.1) is 0 Å². The summed E-state index contributed by atoms with van der Waals surface area (Å²) in [7, 11) is 0. The predicted octanol–water partition coefficient (Wildman–Crippen LogP) is 7.96. The molecule has 0 bridgehead atoms. The Bertz CT molecular complexity index is 1330. The highest BCUT2D eigenvalue weighted by molar-refractivity contribution is 5.92. The molecule has 0 atom stereocenters. The Hall–Kier alpha value is -3.56. The molecule has 2 aromatic heterocycles. The zero-order valence-electron chi connectivity index (χ0n) is 19.6. The van der Waals surface area contributed by atoms with Gasteiger partial charge in [0, 0.05) is 30.4 Å². The number of alkyl halides is 6. The number of hydrogen-bond acceptors (Lipinski definition) is 3. The van der Waals surface area contributed by atoms with Crippen molar-refractivity contribution in [1.29, 1.82) is 0 Å². The Balaban J connectivity index is 1.79. The van der Waals surface area contributed by atoms with Crippen molar-refractivity contribution >= 4 is 16.7 Å². The fraction of sp³-hybridized carbons (Fsp3) is 0.308. The number of halogens is 6. The van der Waals surface area contributed by atoms with E-state index in [1.807, 2.05) is 18.7 Å². The Morgan fingerprint density at radius 2 is 1.47 bits per heavy atom. The van der Waals surface area contributed by atoms with Crippen LogP contribution in [0.2, 0.25) is 0 Å². The molecule has 0 aliphatic heterocycles. The second-order valence-corrected chi connectivity index (χ2v) is 8.44. The van der Waals surface area contributed by atoms with Crippen molar-refractivity contribution in [2.75, 3.05) is 18.0 Å². The number of anilines is 1.